The van der Waals surface area contributed by atoms with Crippen LogP contribution in [0, 0.1) is 5.41 Å². The fraction of sp³-hybridized carbons (Fsp3) is 0.500. The van der Waals surface area contributed by atoms with Gasteiger partial charge in [0.1, 0.15) is 5.75 Å². The molecular weight excluding hydrogens is 244 g/mol. The van der Waals surface area contributed by atoms with Gasteiger partial charge in [-0.1, -0.05) is 6.07 Å². The van der Waals surface area contributed by atoms with Crippen LogP contribution in [0.3, 0.4) is 0 Å². The fourth-order valence-corrected chi connectivity index (χ4v) is 2.07. The molecule has 0 unspecified atom stereocenters. The van der Waals surface area contributed by atoms with Crippen molar-refractivity contribution in [1.82, 2.24) is 5.32 Å². The number of nitrogens with one attached hydrogen (secondary N) is 2. The molecule has 1 fully saturated rings. The van der Waals surface area contributed by atoms with Crippen molar-refractivity contribution in [2.24, 2.45) is 5.41 Å². The smallest absolute Gasteiger partial charge is 0.319 e. The molecule has 0 aliphatic heterocycles. The quantitative estimate of drug-likeness (QED) is 0.735. The maximum absolute atomic E-state index is 11.8. The zero-order valence-electron chi connectivity index (χ0n) is 11.1. The molecule has 104 valence electrons. The van der Waals surface area contributed by atoms with Crippen molar-refractivity contribution in [2.75, 3.05) is 25.6 Å². The van der Waals surface area contributed by atoms with E-state index in [0.29, 0.717) is 18.0 Å². The molecule has 1 aromatic carbocycles. The average Bonchev–Trinajstić information content (AvgIpc) is 3.17. The second-order valence-corrected chi connectivity index (χ2v) is 5.01. The lowest BCUT2D eigenvalue weighted by atomic mass is 10.0. The van der Waals surface area contributed by atoms with Crippen LogP contribution in [-0.4, -0.2) is 31.4 Å². The summed E-state index contributed by atoms with van der Waals surface area (Å²) >= 11 is 0. The highest BCUT2D eigenvalue weighted by Gasteiger charge is 2.41. The van der Waals surface area contributed by atoms with Gasteiger partial charge >= 0.3 is 6.03 Å². The van der Waals surface area contributed by atoms with Crippen LogP contribution in [0.25, 0.3) is 0 Å². The normalized spacial score (nSPS) is 15.7. The zero-order valence-corrected chi connectivity index (χ0v) is 11.1. The van der Waals surface area contributed by atoms with E-state index in [1.165, 1.54) is 0 Å². The lowest BCUT2D eigenvalue weighted by Crippen LogP contribution is -2.34. The third kappa shape index (κ3) is 3.86. The van der Waals surface area contributed by atoms with Crippen LogP contribution >= 0.6 is 0 Å². The van der Waals surface area contributed by atoms with Gasteiger partial charge in [0.25, 0.3) is 0 Å². The highest BCUT2D eigenvalue weighted by molar-refractivity contribution is 5.89. The number of carbonyl (C=O) groups is 1. The van der Waals surface area contributed by atoms with Gasteiger partial charge in [0.2, 0.25) is 0 Å². The molecule has 0 saturated heterocycles. The van der Waals surface area contributed by atoms with Crippen molar-refractivity contribution in [3.63, 3.8) is 0 Å². The largest absolute Gasteiger partial charge is 0.497 e. The number of urea groups is 1. The summed E-state index contributed by atoms with van der Waals surface area (Å²) in [5.41, 5.74) is 0.823. The molecule has 0 bridgehead atoms. The van der Waals surface area contributed by atoms with Gasteiger partial charge in [-0.05, 0) is 36.8 Å². The van der Waals surface area contributed by atoms with Gasteiger partial charge in [-0.25, -0.2) is 4.79 Å². The lowest BCUT2D eigenvalue weighted by molar-refractivity contribution is 0.234. The molecule has 3 N–H and O–H groups in total. The number of hydrogen-bond acceptors (Lipinski definition) is 3. The van der Waals surface area contributed by atoms with E-state index < -0.39 is 0 Å². The van der Waals surface area contributed by atoms with Crippen LogP contribution in [0.2, 0.25) is 0 Å². The number of aliphatic hydroxyl groups excluding tert-OH is 1. The van der Waals surface area contributed by atoms with E-state index in [2.05, 4.69) is 10.6 Å². The molecule has 5 nitrogen and oxygen atoms in total. The highest BCUT2D eigenvalue weighted by Crippen LogP contribution is 2.47. The van der Waals surface area contributed by atoms with Crippen LogP contribution in [0.15, 0.2) is 24.3 Å². The minimum Gasteiger partial charge on any atom is -0.497 e. The standard InChI is InChI=1S/C14H20N2O3/c1-19-12-4-2-3-11(9-12)16-13(18)15-10-14(5-6-14)7-8-17/h2-4,9,17H,5-8,10H2,1H3,(H2,15,16,18). The second-order valence-electron chi connectivity index (χ2n) is 5.01. The summed E-state index contributed by atoms with van der Waals surface area (Å²) < 4.78 is 5.09. The summed E-state index contributed by atoms with van der Waals surface area (Å²) in [6.07, 6.45) is 2.91. The Bertz CT molecular complexity index is 444. The molecule has 0 spiro atoms. The number of anilines is 1. The Morgan fingerprint density at radius 1 is 1.47 bits per heavy atom. The summed E-state index contributed by atoms with van der Waals surface area (Å²) in [7, 11) is 1.59. The predicted octanol–water partition coefficient (Wildman–Crippen LogP) is 1.98. The third-order valence-electron chi connectivity index (χ3n) is 3.55. The average molecular weight is 264 g/mol. The van der Waals surface area contributed by atoms with Gasteiger partial charge in [0.15, 0.2) is 0 Å². The summed E-state index contributed by atoms with van der Waals surface area (Å²) in [5, 5.41) is 14.6. The van der Waals surface area contributed by atoms with E-state index >= 15 is 0 Å². The van der Waals surface area contributed by atoms with E-state index in [4.69, 9.17) is 9.84 Å². The number of hydrogen-bond donors (Lipinski definition) is 3. The molecule has 5 heteroatoms. The molecule has 0 heterocycles. The molecule has 2 rings (SSSR count). The number of methoxy groups -OCH3 is 1. The first-order valence-corrected chi connectivity index (χ1v) is 6.47. The Hall–Kier alpha value is -1.75. The molecule has 1 aromatic rings. The summed E-state index contributed by atoms with van der Waals surface area (Å²) in [4.78, 5) is 11.8. The van der Waals surface area contributed by atoms with Crippen molar-refractivity contribution in [3.8, 4) is 5.75 Å². The van der Waals surface area contributed by atoms with Gasteiger partial charge in [-0.2, -0.15) is 0 Å². The molecular formula is C14H20N2O3. The van der Waals surface area contributed by atoms with Crippen LogP contribution in [-0.2, 0) is 0 Å². The van der Waals surface area contributed by atoms with Crippen molar-refractivity contribution in [1.29, 1.82) is 0 Å². The maximum atomic E-state index is 11.8. The topological polar surface area (TPSA) is 70.6 Å². The Morgan fingerprint density at radius 3 is 2.89 bits per heavy atom. The SMILES string of the molecule is COc1cccc(NC(=O)NCC2(CCO)CC2)c1. The van der Waals surface area contributed by atoms with E-state index in [0.717, 1.165) is 19.3 Å². The Morgan fingerprint density at radius 2 is 2.26 bits per heavy atom. The van der Waals surface area contributed by atoms with E-state index in [9.17, 15) is 4.79 Å². The number of carbonyl (C=O) groups excluding carboxylic acids is 1. The first-order chi connectivity index (χ1) is 9.17. The van der Waals surface area contributed by atoms with Gasteiger partial charge in [0, 0.05) is 24.9 Å². The highest BCUT2D eigenvalue weighted by atomic mass is 16.5. The molecule has 0 aromatic heterocycles. The maximum Gasteiger partial charge on any atom is 0.319 e. The molecule has 1 aliphatic carbocycles. The first kappa shape index (κ1) is 13.7. The van der Waals surface area contributed by atoms with Crippen molar-refractivity contribution >= 4 is 11.7 Å². The number of rotatable bonds is 6. The number of amides is 2. The number of benzene rings is 1. The van der Waals surface area contributed by atoms with Gasteiger partial charge < -0.3 is 20.5 Å². The van der Waals surface area contributed by atoms with E-state index in [-0.39, 0.29) is 18.1 Å². The van der Waals surface area contributed by atoms with E-state index in [1.807, 2.05) is 18.2 Å². The molecule has 1 aliphatic rings. The van der Waals surface area contributed by atoms with Crippen LogP contribution in [0.1, 0.15) is 19.3 Å². The summed E-state index contributed by atoms with van der Waals surface area (Å²) in [6, 6.07) is 6.99. The van der Waals surface area contributed by atoms with Crippen LogP contribution in [0.5, 0.6) is 5.75 Å². The minimum absolute atomic E-state index is 0.125. The van der Waals surface area contributed by atoms with E-state index in [1.54, 1.807) is 13.2 Å². The fourth-order valence-electron chi connectivity index (χ4n) is 2.07. The molecule has 19 heavy (non-hydrogen) atoms. The predicted molar refractivity (Wildman–Crippen MR) is 73.4 cm³/mol. The Labute approximate surface area is 113 Å². The minimum atomic E-state index is -0.225. The van der Waals surface area contributed by atoms with Crippen molar-refractivity contribution in [3.05, 3.63) is 24.3 Å². The lowest BCUT2D eigenvalue weighted by Gasteiger charge is -2.15. The molecule has 1 saturated carbocycles. The molecule has 0 atom stereocenters. The Kier molecular flexibility index (Phi) is 4.27. The molecule has 0 radical (unpaired) electrons. The van der Waals surface area contributed by atoms with Gasteiger partial charge in [0.05, 0.1) is 7.11 Å². The van der Waals surface area contributed by atoms with Gasteiger partial charge in [-0.15, -0.1) is 0 Å². The summed E-state index contributed by atoms with van der Waals surface area (Å²) in [6.45, 7) is 0.794. The van der Waals surface area contributed by atoms with Gasteiger partial charge in [-0.3, -0.25) is 0 Å². The number of ether oxygens (including phenoxy) is 1. The summed E-state index contributed by atoms with van der Waals surface area (Å²) in [5.74, 6) is 0.705. The van der Waals surface area contributed by atoms with Crippen molar-refractivity contribution < 1.29 is 14.6 Å². The second kappa shape index (κ2) is 5.93. The third-order valence-corrected chi connectivity index (χ3v) is 3.55. The zero-order chi connectivity index (χ0) is 13.7. The van der Waals surface area contributed by atoms with Crippen LogP contribution < -0.4 is 15.4 Å². The van der Waals surface area contributed by atoms with Crippen molar-refractivity contribution in [2.45, 2.75) is 19.3 Å². The van der Waals surface area contributed by atoms with Crippen LogP contribution in [0.4, 0.5) is 10.5 Å². The molecule has 2 amide bonds. The number of aliphatic hydroxyl groups is 1. The Balaban J connectivity index is 1.81. The monoisotopic (exact) mass is 264 g/mol. The first-order valence-electron chi connectivity index (χ1n) is 6.47.